The molecule has 2 rings (SSSR count). The van der Waals surface area contributed by atoms with Gasteiger partial charge in [0.2, 0.25) is 0 Å². The van der Waals surface area contributed by atoms with Crippen molar-refractivity contribution in [3.8, 4) is 0 Å². The monoisotopic (exact) mass is 281 g/mol. The van der Waals surface area contributed by atoms with Gasteiger partial charge >= 0.3 is 0 Å². The molecule has 5 heteroatoms. The van der Waals surface area contributed by atoms with Crippen LogP contribution in [0.25, 0.3) is 0 Å². The van der Waals surface area contributed by atoms with Crippen LogP contribution in [0.2, 0.25) is 5.15 Å². The van der Waals surface area contributed by atoms with E-state index in [0.29, 0.717) is 23.2 Å². The molecular weight excluding hydrogens is 262 g/mol. The molecule has 4 nitrogen and oxygen atoms in total. The van der Waals surface area contributed by atoms with Crippen molar-refractivity contribution in [2.75, 3.05) is 11.9 Å². The fourth-order valence-electron chi connectivity index (χ4n) is 2.83. The lowest BCUT2D eigenvalue weighted by Crippen LogP contribution is -2.37. The van der Waals surface area contributed by atoms with Crippen LogP contribution in [-0.4, -0.2) is 29.3 Å². The van der Waals surface area contributed by atoms with Gasteiger partial charge in [0, 0.05) is 13.1 Å². The SMILES string of the molecule is Cc1nc(Cl)c(C=O)c(N(C)C2CCCC(C)C2)n1. The third kappa shape index (κ3) is 3.06. The molecule has 1 aromatic heterocycles. The lowest BCUT2D eigenvalue weighted by atomic mass is 9.86. The summed E-state index contributed by atoms with van der Waals surface area (Å²) in [6, 6.07) is 0.424. The van der Waals surface area contributed by atoms with E-state index in [1.807, 2.05) is 7.05 Å². The molecule has 104 valence electrons. The van der Waals surface area contributed by atoms with Crippen molar-refractivity contribution < 1.29 is 4.79 Å². The van der Waals surface area contributed by atoms with Crippen molar-refractivity contribution in [2.24, 2.45) is 5.92 Å². The Morgan fingerprint density at radius 2 is 2.11 bits per heavy atom. The van der Waals surface area contributed by atoms with Gasteiger partial charge in [-0.15, -0.1) is 0 Å². The number of aryl methyl sites for hydroxylation is 1. The molecule has 0 N–H and O–H groups in total. The molecule has 1 fully saturated rings. The first-order chi connectivity index (χ1) is 9.02. The van der Waals surface area contributed by atoms with Gasteiger partial charge in [0.15, 0.2) is 6.29 Å². The molecule has 2 unspecified atom stereocenters. The van der Waals surface area contributed by atoms with E-state index in [4.69, 9.17) is 11.6 Å². The molecule has 1 aliphatic carbocycles. The largest absolute Gasteiger partial charge is 0.356 e. The normalized spacial score (nSPS) is 23.2. The minimum atomic E-state index is 0.244. The second-order valence-electron chi connectivity index (χ2n) is 5.45. The van der Waals surface area contributed by atoms with Crippen LogP contribution in [0.4, 0.5) is 5.82 Å². The van der Waals surface area contributed by atoms with Gasteiger partial charge in [-0.25, -0.2) is 9.97 Å². The van der Waals surface area contributed by atoms with Gasteiger partial charge in [-0.2, -0.15) is 0 Å². The van der Waals surface area contributed by atoms with Gasteiger partial charge < -0.3 is 4.90 Å². The van der Waals surface area contributed by atoms with Crippen LogP contribution in [0.1, 0.15) is 48.8 Å². The molecule has 0 amide bonds. The molecular formula is C14H20ClN3O. The first-order valence-corrected chi connectivity index (χ1v) is 7.13. The second-order valence-corrected chi connectivity index (χ2v) is 5.81. The molecule has 0 bridgehead atoms. The van der Waals surface area contributed by atoms with E-state index in [1.54, 1.807) is 6.92 Å². The van der Waals surface area contributed by atoms with E-state index in [0.717, 1.165) is 25.0 Å². The lowest BCUT2D eigenvalue weighted by molar-refractivity contribution is 0.112. The Morgan fingerprint density at radius 1 is 1.37 bits per heavy atom. The molecule has 2 atom stereocenters. The van der Waals surface area contributed by atoms with Crippen molar-refractivity contribution in [3.05, 3.63) is 16.5 Å². The highest BCUT2D eigenvalue weighted by Crippen LogP contribution is 2.31. The molecule has 0 spiro atoms. The van der Waals surface area contributed by atoms with Crippen LogP contribution in [0.15, 0.2) is 0 Å². The van der Waals surface area contributed by atoms with E-state index in [-0.39, 0.29) is 5.15 Å². The number of aldehydes is 1. The van der Waals surface area contributed by atoms with Gasteiger partial charge in [0.1, 0.15) is 16.8 Å². The number of halogens is 1. The summed E-state index contributed by atoms with van der Waals surface area (Å²) in [5.41, 5.74) is 0.396. The molecule has 0 saturated heterocycles. The van der Waals surface area contributed by atoms with E-state index >= 15 is 0 Å². The summed E-state index contributed by atoms with van der Waals surface area (Å²) in [6.07, 6.45) is 5.54. The summed E-state index contributed by atoms with van der Waals surface area (Å²) >= 11 is 6.04. The summed E-state index contributed by atoms with van der Waals surface area (Å²) in [6.45, 7) is 4.07. The number of carbonyl (C=O) groups is 1. The highest BCUT2D eigenvalue weighted by Gasteiger charge is 2.25. The van der Waals surface area contributed by atoms with Crippen LogP contribution in [0.5, 0.6) is 0 Å². The van der Waals surface area contributed by atoms with Crippen LogP contribution in [-0.2, 0) is 0 Å². The maximum absolute atomic E-state index is 11.2. The third-order valence-electron chi connectivity index (χ3n) is 3.90. The molecule has 1 aromatic rings. The standard InChI is InChI=1S/C14H20ClN3O/c1-9-5-4-6-11(7-9)18(3)14-12(8-19)13(15)16-10(2)17-14/h8-9,11H,4-7H2,1-3H3. The first-order valence-electron chi connectivity index (χ1n) is 6.75. The van der Waals surface area contributed by atoms with Gasteiger partial charge in [0.25, 0.3) is 0 Å². The minimum absolute atomic E-state index is 0.244. The van der Waals surface area contributed by atoms with Crippen molar-refractivity contribution >= 4 is 23.7 Å². The first kappa shape index (κ1) is 14.3. The molecule has 1 heterocycles. The predicted octanol–water partition coefficient (Wildman–Crippen LogP) is 3.27. The molecule has 0 aromatic carbocycles. The zero-order valence-corrected chi connectivity index (χ0v) is 12.4. The zero-order chi connectivity index (χ0) is 14.0. The average Bonchev–Trinajstić information content (AvgIpc) is 2.37. The zero-order valence-electron chi connectivity index (χ0n) is 11.7. The van der Waals surface area contributed by atoms with Crippen molar-refractivity contribution in [1.82, 2.24) is 9.97 Å². The van der Waals surface area contributed by atoms with E-state index in [1.165, 1.54) is 12.8 Å². The minimum Gasteiger partial charge on any atom is -0.356 e. The summed E-state index contributed by atoms with van der Waals surface area (Å²) in [5, 5.41) is 0.244. The number of carbonyl (C=O) groups excluding carboxylic acids is 1. The van der Waals surface area contributed by atoms with Crippen LogP contribution >= 0.6 is 11.6 Å². The average molecular weight is 282 g/mol. The topological polar surface area (TPSA) is 46.1 Å². The Labute approximate surface area is 119 Å². The van der Waals surface area contributed by atoms with Crippen LogP contribution in [0.3, 0.4) is 0 Å². The Kier molecular flexibility index (Phi) is 4.40. The van der Waals surface area contributed by atoms with Crippen molar-refractivity contribution in [3.63, 3.8) is 0 Å². The molecule has 0 radical (unpaired) electrons. The van der Waals surface area contributed by atoms with E-state index in [9.17, 15) is 4.79 Å². The van der Waals surface area contributed by atoms with E-state index in [2.05, 4.69) is 21.8 Å². The highest BCUT2D eigenvalue weighted by atomic mass is 35.5. The molecule has 0 aliphatic heterocycles. The number of aromatic nitrogens is 2. The van der Waals surface area contributed by atoms with Crippen LogP contribution < -0.4 is 4.90 Å². The fourth-order valence-corrected chi connectivity index (χ4v) is 3.08. The Hall–Kier alpha value is -1.16. The van der Waals surface area contributed by atoms with E-state index < -0.39 is 0 Å². The summed E-state index contributed by atoms with van der Waals surface area (Å²) in [5.74, 6) is 1.98. The smallest absolute Gasteiger partial charge is 0.156 e. The lowest BCUT2D eigenvalue weighted by Gasteiger charge is -2.35. The predicted molar refractivity (Wildman–Crippen MR) is 77.0 cm³/mol. The maximum atomic E-state index is 11.2. The van der Waals surface area contributed by atoms with Gasteiger partial charge in [0.05, 0.1) is 5.56 Å². The summed E-state index contributed by atoms with van der Waals surface area (Å²) in [7, 11) is 1.99. The summed E-state index contributed by atoms with van der Waals surface area (Å²) < 4.78 is 0. The number of hydrogen-bond acceptors (Lipinski definition) is 4. The maximum Gasteiger partial charge on any atom is 0.156 e. The van der Waals surface area contributed by atoms with Gasteiger partial charge in [-0.3, -0.25) is 4.79 Å². The number of rotatable bonds is 3. The quantitative estimate of drug-likeness (QED) is 0.630. The van der Waals surface area contributed by atoms with Crippen molar-refractivity contribution in [1.29, 1.82) is 0 Å². The fraction of sp³-hybridized carbons (Fsp3) is 0.643. The summed E-state index contributed by atoms with van der Waals surface area (Å²) in [4.78, 5) is 21.8. The van der Waals surface area contributed by atoms with Gasteiger partial charge in [-0.1, -0.05) is 31.4 Å². The number of hydrogen-bond donors (Lipinski definition) is 0. The van der Waals surface area contributed by atoms with Gasteiger partial charge in [-0.05, 0) is 25.7 Å². The molecule has 1 aliphatic rings. The molecule has 19 heavy (non-hydrogen) atoms. The second kappa shape index (κ2) is 5.87. The Bertz CT molecular complexity index is 478. The Morgan fingerprint density at radius 3 is 2.74 bits per heavy atom. The van der Waals surface area contributed by atoms with Crippen molar-refractivity contribution in [2.45, 2.75) is 45.6 Å². The van der Waals surface area contributed by atoms with Crippen LogP contribution in [0, 0.1) is 12.8 Å². The molecule has 1 saturated carbocycles. The number of anilines is 1. The number of nitrogens with zero attached hydrogens (tertiary/aromatic N) is 3. The highest BCUT2D eigenvalue weighted by molar-refractivity contribution is 6.32. The Balaban J connectivity index is 2.32. The third-order valence-corrected chi connectivity index (χ3v) is 4.19.